The van der Waals surface area contributed by atoms with Gasteiger partial charge >= 0.3 is 5.97 Å². The first kappa shape index (κ1) is 75.4. The molecule has 11 heteroatoms. The minimum Gasteiger partial charge on any atom is -0.454 e. The van der Waals surface area contributed by atoms with E-state index >= 15 is 0 Å². The van der Waals surface area contributed by atoms with Crippen LogP contribution in [0.4, 0.5) is 0 Å². The lowest BCUT2D eigenvalue weighted by Crippen LogP contribution is -2.61. The summed E-state index contributed by atoms with van der Waals surface area (Å²) in [5.74, 6) is -1.21. The number of aliphatic hydroxyl groups is 5. The highest BCUT2D eigenvalue weighted by atomic mass is 16.7. The molecule has 1 amide bonds. The predicted molar refractivity (Wildman–Crippen MR) is 333 cm³/mol. The first-order valence-electron chi connectivity index (χ1n) is 33.6. The molecule has 6 N–H and O–H groups in total. The van der Waals surface area contributed by atoms with Gasteiger partial charge in [0, 0.05) is 6.42 Å². The topological polar surface area (TPSA) is 175 Å². The van der Waals surface area contributed by atoms with E-state index in [9.17, 15) is 35.1 Å². The molecular formula is C69H125NO10. The number of carbonyl (C=O) groups is 2. The molecule has 8 atom stereocenters. The fourth-order valence-corrected chi connectivity index (χ4v) is 10.3. The van der Waals surface area contributed by atoms with Gasteiger partial charge in [-0.05, 0) is 89.9 Å². The Morgan fingerprint density at radius 1 is 0.487 bits per heavy atom. The average Bonchev–Trinajstić information content (AvgIpc) is 3.51. The molecule has 0 aromatic heterocycles. The molecule has 1 aliphatic rings. The maximum atomic E-state index is 13.5. The maximum absolute atomic E-state index is 13.5. The van der Waals surface area contributed by atoms with Gasteiger partial charge in [-0.25, -0.2) is 0 Å². The van der Waals surface area contributed by atoms with Crippen LogP contribution in [-0.4, -0.2) is 99.6 Å². The van der Waals surface area contributed by atoms with Gasteiger partial charge in [0.1, 0.15) is 24.4 Å². The van der Waals surface area contributed by atoms with Crippen molar-refractivity contribution in [2.45, 2.75) is 352 Å². The van der Waals surface area contributed by atoms with Crippen molar-refractivity contribution in [2.24, 2.45) is 0 Å². The molecule has 8 unspecified atom stereocenters. The van der Waals surface area contributed by atoms with E-state index in [0.717, 1.165) is 77.0 Å². The predicted octanol–water partition coefficient (Wildman–Crippen LogP) is 16.6. The molecule has 0 saturated carbocycles. The summed E-state index contributed by atoms with van der Waals surface area (Å²) in [6.45, 7) is 5.76. The Kier molecular flexibility index (Phi) is 53.5. The number of carbonyl (C=O) groups excluding carboxylic acids is 2. The van der Waals surface area contributed by atoms with Crippen LogP contribution >= 0.6 is 0 Å². The Hall–Kier alpha value is -2.64. The quantitative estimate of drug-likeness (QED) is 0.0195. The highest BCUT2D eigenvalue weighted by Crippen LogP contribution is 2.26. The van der Waals surface area contributed by atoms with Crippen molar-refractivity contribution in [3.63, 3.8) is 0 Å². The molecule has 80 heavy (non-hydrogen) atoms. The van der Waals surface area contributed by atoms with Gasteiger partial charge in [-0.3, -0.25) is 9.59 Å². The molecule has 1 aliphatic heterocycles. The van der Waals surface area contributed by atoms with Gasteiger partial charge in [0.25, 0.3) is 0 Å². The number of ether oxygens (including phenoxy) is 3. The van der Waals surface area contributed by atoms with E-state index in [4.69, 9.17) is 14.2 Å². The molecule has 0 bridgehead atoms. The first-order valence-corrected chi connectivity index (χ1v) is 33.6. The van der Waals surface area contributed by atoms with Crippen molar-refractivity contribution in [1.82, 2.24) is 5.32 Å². The van der Waals surface area contributed by atoms with Crippen molar-refractivity contribution < 1.29 is 49.3 Å². The fraction of sp³-hybridized carbons (Fsp3) is 0.826. The van der Waals surface area contributed by atoms with Crippen LogP contribution in [0.25, 0.3) is 0 Å². The van der Waals surface area contributed by atoms with Crippen molar-refractivity contribution in [1.29, 1.82) is 0 Å². The fourth-order valence-electron chi connectivity index (χ4n) is 10.3. The standard InChI is InChI=1S/C69H125NO10/c1-4-7-10-13-16-19-22-25-26-27-28-29-30-31-32-33-34-35-36-37-39-41-44-47-50-53-56-62(73)68(77)70-60(61(72)55-52-49-46-43-40-24-21-18-15-12-9-6-3)59-78-69-67(66(76)65(75)63(58-71)79-69)80-64(74)57-54-51-48-45-42-38-23-20-17-14-11-8-5-2/h16,19,25-26,28-29,38,42,52,55,60-63,65-67,69,71-73,75-76H,4-15,17-18,20-24,27,30-37,39-41,43-51,53-54,56-59H2,1-3H3,(H,70,77)/b19-16-,26-25-,29-28-,42-38-,55-52+. The second kappa shape index (κ2) is 56.8. The van der Waals surface area contributed by atoms with E-state index in [-0.39, 0.29) is 19.4 Å². The summed E-state index contributed by atoms with van der Waals surface area (Å²) in [5.41, 5.74) is 0. The molecular weight excluding hydrogens is 1000 g/mol. The zero-order valence-corrected chi connectivity index (χ0v) is 51.7. The van der Waals surface area contributed by atoms with Crippen molar-refractivity contribution in [3.8, 4) is 0 Å². The summed E-state index contributed by atoms with van der Waals surface area (Å²) in [4.78, 5) is 26.6. The van der Waals surface area contributed by atoms with Gasteiger partial charge in [0.2, 0.25) is 5.91 Å². The lowest BCUT2D eigenvalue weighted by molar-refractivity contribution is -0.305. The van der Waals surface area contributed by atoms with Gasteiger partial charge in [-0.15, -0.1) is 0 Å². The molecule has 466 valence electrons. The lowest BCUT2D eigenvalue weighted by Gasteiger charge is -2.41. The minimum atomic E-state index is -1.62. The Morgan fingerprint density at radius 3 is 1.32 bits per heavy atom. The SMILES string of the molecule is CCCCC/C=C\C/C=C\C/C=C\CCCCCCCCCCCCCCCC(O)C(=O)NC(COC1OC(CO)C(O)C(O)C1OC(=O)CCCCC/C=C\CCCCCCCC)C(O)/C=C/CCCCCCCCCCCC. The third kappa shape index (κ3) is 44.0. The number of rotatable bonds is 57. The van der Waals surface area contributed by atoms with Crippen LogP contribution in [0.15, 0.2) is 60.8 Å². The largest absolute Gasteiger partial charge is 0.454 e. The number of hydrogen-bond donors (Lipinski definition) is 6. The van der Waals surface area contributed by atoms with E-state index in [1.165, 1.54) is 180 Å². The summed E-state index contributed by atoms with van der Waals surface area (Å²) in [6, 6.07) is -1.03. The normalized spacial score (nSPS) is 19.1. The van der Waals surface area contributed by atoms with E-state index in [1.54, 1.807) is 6.08 Å². The van der Waals surface area contributed by atoms with Crippen LogP contribution in [0.1, 0.15) is 303 Å². The first-order chi connectivity index (χ1) is 39.2. The number of hydrogen-bond acceptors (Lipinski definition) is 10. The van der Waals surface area contributed by atoms with Crippen LogP contribution in [0, 0.1) is 0 Å². The van der Waals surface area contributed by atoms with Crippen LogP contribution in [0.5, 0.6) is 0 Å². The maximum Gasteiger partial charge on any atom is 0.306 e. The van der Waals surface area contributed by atoms with Gasteiger partial charge < -0.3 is 45.1 Å². The lowest BCUT2D eigenvalue weighted by atomic mass is 9.99. The van der Waals surface area contributed by atoms with Crippen LogP contribution in [0.3, 0.4) is 0 Å². The molecule has 11 nitrogen and oxygen atoms in total. The van der Waals surface area contributed by atoms with Gasteiger partial charge in [0.15, 0.2) is 12.4 Å². The Balaban J connectivity index is 2.58. The summed E-state index contributed by atoms with van der Waals surface area (Å²) in [7, 11) is 0. The van der Waals surface area contributed by atoms with Crippen LogP contribution in [0.2, 0.25) is 0 Å². The number of amides is 1. The molecule has 0 aliphatic carbocycles. The van der Waals surface area contributed by atoms with Gasteiger partial charge in [-0.1, -0.05) is 268 Å². The van der Waals surface area contributed by atoms with E-state index in [1.807, 2.05) is 6.08 Å². The highest BCUT2D eigenvalue weighted by molar-refractivity contribution is 5.80. The third-order valence-electron chi connectivity index (χ3n) is 15.6. The second-order valence-electron chi connectivity index (χ2n) is 23.2. The summed E-state index contributed by atoms with van der Waals surface area (Å²) < 4.78 is 17.6. The summed E-state index contributed by atoms with van der Waals surface area (Å²) in [5, 5.41) is 57.0. The van der Waals surface area contributed by atoms with Crippen molar-refractivity contribution in [2.75, 3.05) is 13.2 Å². The third-order valence-corrected chi connectivity index (χ3v) is 15.6. The van der Waals surface area contributed by atoms with E-state index in [0.29, 0.717) is 12.8 Å². The highest BCUT2D eigenvalue weighted by Gasteiger charge is 2.47. The second-order valence-corrected chi connectivity index (χ2v) is 23.2. The monoisotopic (exact) mass is 1130 g/mol. The minimum absolute atomic E-state index is 0.104. The van der Waals surface area contributed by atoms with Crippen LogP contribution in [-0.2, 0) is 23.8 Å². The van der Waals surface area contributed by atoms with Crippen LogP contribution < -0.4 is 5.32 Å². The smallest absolute Gasteiger partial charge is 0.306 e. The van der Waals surface area contributed by atoms with Gasteiger partial charge in [0.05, 0.1) is 25.4 Å². The van der Waals surface area contributed by atoms with E-state index < -0.39 is 67.4 Å². The molecule has 1 saturated heterocycles. The molecule has 0 spiro atoms. The Morgan fingerprint density at radius 2 is 0.863 bits per heavy atom. The van der Waals surface area contributed by atoms with Gasteiger partial charge in [-0.2, -0.15) is 0 Å². The van der Waals surface area contributed by atoms with Crippen molar-refractivity contribution >= 4 is 11.9 Å². The van der Waals surface area contributed by atoms with E-state index in [2.05, 4.69) is 74.7 Å². The average molecular weight is 1130 g/mol. The summed E-state index contributed by atoms with van der Waals surface area (Å²) in [6.07, 6.45) is 61.3. The Bertz CT molecular complexity index is 1530. The number of nitrogens with one attached hydrogen (secondary N) is 1. The number of allylic oxidation sites excluding steroid dienone is 9. The molecule has 0 radical (unpaired) electrons. The molecule has 0 aromatic rings. The zero-order valence-electron chi connectivity index (χ0n) is 51.7. The molecule has 1 rings (SSSR count). The number of aliphatic hydroxyl groups excluding tert-OH is 5. The van der Waals surface area contributed by atoms with Crippen molar-refractivity contribution in [3.05, 3.63) is 60.8 Å². The molecule has 0 aromatic carbocycles. The molecule has 1 fully saturated rings. The summed E-state index contributed by atoms with van der Waals surface area (Å²) >= 11 is 0. The number of esters is 1. The zero-order chi connectivity index (χ0) is 58.2. The molecule has 1 heterocycles. The Labute approximate surface area is 490 Å². The number of unbranched alkanes of at least 4 members (excludes halogenated alkanes) is 35.